The number of nitrogens with one attached hydrogen (secondary N) is 1. The Labute approximate surface area is 152 Å². The summed E-state index contributed by atoms with van der Waals surface area (Å²) in [5, 5.41) is 13.2. The van der Waals surface area contributed by atoms with Crippen LogP contribution >= 0.6 is 24.8 Å². The molecule has 5 nitrogen and oxygen atoms in total. The zero-order chi connectivity index (χ0) is 14.7. The average molecular weight is 368 g/mol. The van der Waals surface area contributed by atoms with E-state index in [0.29, 0.717) is 18.5 Å². The molecule has 1 aliphatic heterocycles. The molecule has 1 unspecified atom stereocenters. The Hall–Kier alpha value is -0.0700. The van der Waals surface area contributed by atoms with E-state index in [-0.39, 0.29) is 36.8 Å². The van der Waals surface area contributed by atoms with Gasteiger partial charge in [0.2, 0.25) is 5.91 Å². The third kappa shape index (κ3) is 6.75. The van der Waals surface area contributed by atoms with Gasteiger partial charge in [-0.05, 0) is 31.6 Å². The molecule has 0 spiro atoms. The van der Waals surface area contributed by atoms with E-state index in [1.807, 2.05) is 0 Å². The van der Waals surface area contributed by atoms with E-state index in [2.05, 4.69) is 15.1 Å². The fourth-order valence-corrected chi connectivity index (χ4v) is 3.57. The van der Waals surface area contributed by atoms with E-state index >= 15 is 0 Å². The highest BCUT2D eigenvalue weighted by atomic mass is 35.5. The van der Waals surface area contributed by atoms with Gasteiger partial charge in [0.1, 0.15) is 0 Å². The molecule has 0 radical (unpaired) electrons. The Kier molecular flexibility index (Phi) is 9.16. The van der Waals surface area contributed by atoms with Gasteiger partial charge < -0.3 is 10.4 Å². The van der Waals surface area contributed by atoms with Gasteiger partial charge in [0.25, 0.3) is 0 Å². The summed E-state index contributed by atoms with van der Waals surface area (Å²) in [5.41, 5.74) is 0. The van der Waals surface area contributed by atoms with Crippen LogP contribution in [0.25, 0.3) is 0 Å². The Morgan fingerprint density at radius 3 is 2.13 bits per heavy atom. The fourth-order valence-electron chi connectivity index (χ4n) is 3.57. The first-order valence-electron chi connectivity index (χ1n) is 8.63. The maximum absolute atomic E-state index is 12.0. The standard InChI is InChI=1S/C16H29N3O2.2ClH/c20-15(13-5-6-13)11-18-7-9-19(10-8-18)12-16(21)17-14-3-1-2-4-14;;/h13-15,20H,1-12H2,(H,17,21);2*1H. The molecule has 2 N–H and O–H groups in total. The smallest absolute Gasteiger partial charge is 0.234 e. The zero-order valence-corrected chi connectivity index (χ0v) is 15.4. The number of hydrogen-bond acceptors (Lipinski definition) is 4. The maximum atomic E-state index is 12.0. The molecular weight excluding hydrogens is 337 g/mol. The van der Waals surface area contributed by atoms with E-state index in [0.717, 1.165) is 45.6 Å². The minimum Gasteiger partial charge on any atom is -0.392 e. The molecular formula is C16H31Cl2N3O2. The number of halogens is 2. The number of β-amino-alcohol motifs (C(OH)–C–C–N with tert-alkyl or cyclic N) is 1. The van der Waals surface area contributed by atoms with Gasteiger partial charge in [0.15, 0.2) is 0 Å². The molecule has 136 valence electrons. The second-order valence-corrected chi connectivity index (χ2v) is 7.03. The summed E-state index contributed by atoms with van der Waals surface area (Å²) in [5.74, 6) is 0.744. The van der Waals surface area contributed by atoms with E-state index in [1.165, 1.54) is 25.7 Å². The third-order valence-electron chi connectivity index (χ3n) is 5.16. The Balaban J connectivity index is 0.00000132. The number of nitrogens with zero attached hydrogens (tertiary/aromatic N) is 2. The number of piperazine rings is 1. The van der Waals surface area contributed by atoms with Gasteiger partial charge in [-0.1, -0.05) is 12.8 Å². The van der Waals surface area contributed by atoms with Crippen molar-refractivity contribution in [3.05, 3.63) is 0 Å². The van der Waals surface area contributed by atoms with Crippen molar-refractivity contribution in [2.75, 3.05) is 39.3 Å². The molecule has 1 heterocycles. The molecule has 3 rings (SSSR count). The van der Waals surface area contributed by atoms with Gasteiger partial charge in [-0.2, -0.15) is 0 Å². The summed E-state index contributed by atoms with van der Waals surface area (Å²) in [6.45, 7) is 5.17. The molecule has 3 aliphatic rings. The van der Waals surface area contributed by atoms with Crippen LogP contribution < -0.4 is 5.32 Å². The summed E-state index contributed by atoms with van der Waals surface area (Å²) in [7, 11) is 0. The highest BCUT2D eigenvalue weighted by molar-refractivity contribution is 5.85. The van der Waals surface area contributed by atoms with E-state index < -0.39 is 0 Å². The fraction of sp³-hybridized carbons (Fsp3) is 0.938. The Morgan fingerprint density at radius 1 is 1.00 bits per heavy atom. The SMILES string of the molecule is Cl.Cl.O=C(CN1CCN(CC(O)C2CC2)CC1)NC1CCCC1. The topological polar surface area (TPSA) is 55.8 Å². The van der Waals surface area contributed by atoms with Crippen LogP contribution in [0.1, 0.15) is 38.5 Å². The van der Waals surface area contributed by atoms with Crippen LogP contribution in [-0.4, -0.2) is 72.2 Å². The lowest BCUT2D eigenvalue weighted by molar-refractivity contribution is -0.123. The first-order valence-corrected chi connectivity index (χ1v) is 8.63. The Bertz CT molecular complexity index is 355. The van der Waals surface area contributed by atoms with Crippen LogP contribution in [0.3, 0.4) is 0 Å². The van der Waals surface area contributed by atoms with Crippen molar-refractivity contribution in [3.63, 3.8) is 0 Å². The second-order valence-electron chi connectivity index (χ2n) is 7.03. The molecule has 0 bridgehead atoms. The number of carbonyl (C=O) groups is 1. The average Bonchev–Trinajstić information content (AvgIpc) is 3.20. The largest absolute Gasteiger partial charge is 0.392 e. The predicted octanol–water partition coefficient (Wildman–Crippen LogP) is 1.28. The molecule has 2 aliphatic carbocycles. The van der Waals surface area contributed by atoms with E-state index in [9.17, 15) is 9.90 Å². The molecule has 3 fully saturated rings. The van der Waals surface area contributed by atoms with Gasteiger partial charge >= 0.3 is 0 Å². The van der Waals surface area contributed by atoms with Crippen molar-refractivity contribution in [2.45, 2.75) is 50.7 Å². The van der Waals surface area contributed by atoms with Gasteiger partial charge in [0.05, 0.1) is 12.6 Å². The number of hydrogen-bond donors (Lipinski definition) is 2. The molecule has 0 aromatic rings. The van der Waals surface area contributed by atoms with E-state index in [1.54, 1.807) is 0 Å². The lowest BCUT2D eigenvalue weighted by Crippen LogP contribution is -2.51. The van der Waals surface area contributed by atoms with Crippen LogP contribution in [0.15, 0.2) is 0 Å². The number of carbonyl (C=O) groups excluding carboxylic acids is 1. The molecule has 0 aromatic carbocycles. The molecule has 1 saturated heterocycles. The van der Waals surface area contributed by atoms with Crippen LogP contribution in [0, 0.1) is 5.92 Å². The first-order chi connectivity index (χ1) is 10.2. The maximum Gasteiger partial charge on any atom is 0.234 e. The zero-order valence-electron chi connectivity index (χ0n) is 13.8. The number of amides is 1. The predicted molar refractivity (Wildman–Crippen MR) is 96.5 cm³/mol. The molecule has 23 heavy (non-hydrogen) atoms. The molecule has 2 saturated carbocycles. The Morgan fingerprint density at radius 2 is 1.57 bits per heavy atom. The third-order valence-corrected chi connectivity index (χ3v) is 5.16. The minimum atomic E-state index is -0.137. The number of aliphatic hydroxyl groups excluding tert-OH is 1. The van der Waals surface area contributed by atoms with Gasteiger partial charge in [0, 0.05) is 38.8 Å². The van der Waals surface area contributed by atoms with Gasteiger partial charge in [-0.15, -0.1) is 24.8 Å². The lowest BCUT2D eigenvalue weighted by Gasteiger charge is -2.35. The summed E-state index contributed by atoms with van der Waals surface area (Å²) in [4.78, 5) is 16.6. The van der Waals surface area contributed by atoms with Crippen molar-refractivity contribution in [1.82, 2.24) is 15.1 Å². The van der Waals surface area contributed by atoms with Crippen molar-refractivity contribution < 1.29 is 9.90 Å². The summed E-state index contributed by atoms with van der Waals surface area (Å²) in [6, 6.07) is 0.424. The van der Waals surface area contributed by atoms with Crippen LogP contribution in [-0.2, 0) is 4.79 Å². The summed E-state index contributed by atoms with van der Waals surface area (Å²) in [6.07, 6.45) is 7.07. The molecule has 0 aromatic heterocycles. The molecule has 7 heteroatoms. The molecule has 1 amide bonds. The van der Waals surface area contributed by atoms with E-state index in [4.69, 9.17) is 0 Å². The monoisotopic (exact) mass is 367 g/mol. The van der Waals surface area contributed by atoms with Crippen molar-refractivity contribution >= 4 is 30.7 Å². The van der Waals surface area contributed by atoms with Gasteiger partial charge in [-0.25, -0.2) is 0 Å². The van der Waals surface area contributed by atoms with Crippen molar-refractivity contribution in [1.29, 1.82) is 0 Å². The quantitative estimate of drug-likeness (QED) is 0.742. The van der Waals surface area contributed by atoms with Crippen LogP contribution in [0.5, 0.6) is 0 Å². The van der Waals surface area contributed by atoms with Gasteiger partial charge in [-0.3, -0.25) is 14.6 Å². The molecule has 1 atom stereocenters. The second kappa shape index (κ2) is 10.0. The normalized spacial score (nSPS) is 24.6. The highest BCUT2D eigenvalue weighted by Crippen LogP contribution is 2.32. The highest BCUT2D eigenvalue weighted by Gasteiger charge is 2.31. The van der Waals surface area contributed by atoms with Crippen molar-refractivity contribution in [3.8, 4) is 0 Å². The summed E-state index contributed by atoms with van der Waals surface area (Å²) >= 11 is 0. The lowest BCUT2D eigenvalue weighted by atomic mass is 10.2. The summed E-state index contributed by atoms with van der Waals surface area (Å²) < 4.78 is 0. The number of aliphatic hydroxyl groups is 1. The van der Waals surface area contributed by atoms with Crippen LogP contribution in [0.4, 0.5) is 0 Å². The van der Waals surface area contributed by atoms with Crippen LogP contribution in [0.2, 0.25) is 0 Å². The minimum absolute atomic E-state index is 0. The number of rotatable bonds is 6. The van der Waals surface area contributed by atoms with Crippen molar-refractivity contribution in [2.24, 2.45) is 5.92 Å². The first kappa shape index (κ1) is 21.0.